The van der Waals surface area contributed by atoms with Crippen molar-refractivity contribution in [3.8, 4) is 17.2 Å². The molecular formula is C21H19ClN2O5. The molecule has 2 aromatic carbocycles. The molecule has 150 valence electrons. The molecular weight excluding hydrogens is 396 g/mol. The molecule has 0 saturated heterocycles. The molecule has 0 aliphatic carbocycles. The van der Waals surface area contributed by atoms with Crippen molar-refractivity contribution < 1.29 is 23.8 Å². The SMILES string of the molecule is NC(=O)C1CN(C(=O)C=Cc2cc(Cl)c3c(c2)OCCCO3)c2ccccc2O1. The van der Waals surface area contributed by atoms with E-state index in [-0.39, 0.29) is 12.5 Å². The highest BCUT2D eigenvalue weighted by molar-refractivity contribution is 6.32. The maximum Gasteiger partial charge on any atom is 0.260 e. The van der Waals surface area contributed by atoms with E-state index >= 15 is 0 Å². The summed E-state index contributed by atoms with van der Waals surface area (Å²) in [6.07, 6.45) is 2.91. The molecule has 0 spiro atoms. The molecule has 2 N–H and O–H groups in total. The van der Waals surface area contributed by atoms with Crippen molar-refractivity contribution in [1.82, 2.24) is 0 Å². The van der Waals surface area contributed by atoms with E-state index in [0.717, 1.165) is 6.42 Å². The quantitative estimate of drug-likeness (QED) is 0.780. The number of amides is 2. The molecule has 7 nitrogen and oxygen atoms in total. The monoisotopic (exact) mass is 414 g/mol. The van der Waals surface area contributed by atoms with Crippen LogP contribution < -0.4 is 24.8 Å². The molecule has 8 heteroatoms. The van der Waals surface area contributed by atoms with Crippen molar-refractivity contribution in [2.24, 2.45) is 5.73 Å². The summed E-state index contributed by atoms with van der Waals surface area (Å²) in [7, 11) is 0. The third-order valence-electron chi connectivity index (χ3n) is 4.60. The van der Waals surface area contributed by atoms with Gasteiger partial charge in [0.2, 0.25) is 0 Å². The molecule has 0 aromatic heterocycles. The average molecular weight is 415 g/mol. The lowest BCUT2D eigenvalue weighted by Gasteiger charge is -2.32. The van der Waals surface area contributed by atoms with E-state index in [2.05, 4.69) is 0 Å². The minimum absolute atomic E-state index is 0.0391. The van der Waals surface area contributed by atoms with Gasteiger partial charge in [-0.1, -0.05) is 23.7 Å². The van der Waals surface area contributed by atoms with Crippen LogP contribution in [0.1, 0.15) is 12.0 Å². The number of rotatable bonds is 3. The maximum atomic E-state index is 12.9. The number of ether oxygens (including phenoxy) is 3. The van der Waals surface area contributed by atoms with Gasteiger partial charge in [0.25, 0.3) is 11.8 Å². The van der Waals surface area contributed by atoms with Crippen molar-refractivity contribution >= 4 is 35.2 Å². The first-order chi connectivity index (χ1) is 14.0. The number of hydrogen-bond acceptors (Lipinski definition) is 5. The summed E-state index contributed by atoms with van der Waals surface area (Å²) < 4.78 is 16.9. The topological polar surface area (TPSA) is 91.1 Å². The van der Waals surface area contributed by atoms with Gasteiger partial charge in [0.05, 0.1) is 30.5 Å². The van der Waals surface area contributed by atoms with Crippen molar-refractivity contribution in [2.45, 2.75) is 12.5 Å². The predicted octanol–water partition coefficient (Wildman–Crippen LogP) is 2.79. The summed E-state index contributed by atoms with van der Waals surface area (Å²) in [6, 6.07) is 10.5. The van der Waals surface area contributed by atoms with Gasteiger partial charge >= 0.3 is 0 Å². The average Bonchev–Trinajstić information content (AvgIpc) is 2.97. The molecule has 4 rings (SSSR count). The lowest BCUT2D eigenvalue weighted by Crippen LogP contribution is -2.49. The number of primary amides is 1. The molecule has 2 aliphatic heterocycles. The van der Waals surface area contributed by atoms with Gasteiger partial charge < -0.3 is 24.8 Å². The van der Waals surface area contributed by atoms with Crippen LogP contribution in [0.3, 0.4) is 0 Å². The number of nitrogens with two attached hydrogens (primary N) is 1. The van der Waals surface area contributed by atoms with E-state index in [1.165, 1.54) is 11.0 Å². The van der Waals surface area contributed by atoms with E-state index < -0.39 is 12.0 Å². The van der Waals surface area contributed by atoms with Crippen molar-refractivity contribution in [3.63, 3.8) is 0 Å². The lowest BCUT2D eigenvalue weighted by atomic mass is 10.1. The van der Waals surface area contributed by atoms with Crippen molar-refractivity contribution in [2.75, 3.05) is 24.7 Å². The van der Waals surface area contributed by atoms with Gasteiger partial charge in [0, 0.05) is 12.5 Å². The largest absolute Gasteiger partial charge is 0.489 e. The Morgan fingerprint density at radius 1 is 1.14 bits per heavy atom. The fourth-order valence-electron chi connectivity index (χ4n) is 3.20. The molecule has 0 saturated carbocycles. The third-order valence-corrected chi connectivity index (χ3v) is 4.88. The Hall–Kier alpha value is -3.19. The van der Waals surface area contributed by atoms with E-state index in [1.54, 1.807) is 42.5 Å². The number of carbonyl (C=O) groups is 2. The minimum atomic E-state index is -0.908. The van der Waals surface area contributed by atoms with Crippen LogP contribution in [0.25, 0.3) is 6.08 Å². The molecule has 1 unspecified atom stereocenters. The molecule has 0 radical (unpaired) electrons. The zero-order valence-electron chi connectivity index (χ0n) is 15.5. The number of anilines is 1. The van der Waals surface area contributed by atoms with Crippen LogP contribution in [0.4, 0.5) is 5.69 Å². The number of benzene rings is 2. The van der Waals surface area contributed by atoms with Crippen LogP contribution in [0.2, 0.25) is 5.02 Å². The Morgan fingerprint density at radius 3 is 2.76 bits per heavy atom. The second-order valence-corrected chi connectivity index (χ2v) is 7.05. The molecule has 2 amide bonds. The van der Waals surface area contributed by atoms with Gasteiger partial charge in [-0.2, -0.15) is 0 Å². The number of hydrogen-bond donors (Lipinski definition) is 1. The molecule has 29 heavy (non-hydrogen) atoms. The lowest BCUT2D eigenvalue weighted by molar-refractivity contribution is -0.125. The third kappa shape index (κ3) is 4.00. The molecule has 1 atom stereocenters. The number of nitrogens with zero attached hydrogens (tertiary/aromatic N) is 1. The smallest absolute Gasteiger partial charge is 0.260 e. The summed E-state index contributed by atoms with van der Waals surface area (Å²) in [6.45, 7) is 1.11. The Kier molecular flexibility index (Phi) is 5.31. The van der Waals surface area contributed by atoms with Gasteiger partial charge in [0.1, 0.15) is 5.75 Å². The Labute approximate surface area is 172 Å². The second-order valence-electron chi connectivity index (χ2n) is 6.64. The molecule has 2 aliphatic rings. The minimum Gasteiger partial charge on any atom is -0.489 e. The van der Waals surface area contributed by atoms with E-state index in [4.69, 9.17) is 31.5 Å². The molecule has 0 bridgehead atoms. The van der Waals surface area contributed by atoms with E-state index in [1.807, 2.05) is 0 Å². The number of halogens is 1. The fourth-order valence-corrected chi connectivity index (χ4v) is 3.47. The van der Waals surface area contributed by atoms with Gasteiger partial charge in [-0.3, -0.25) is 9.59 Å². The van der Waals surface area contributed by atoms with Crippen molar-refractivity contribution in [1.29, 1.82) is 0 Å². The highest BCUT2D eigenvalue weighted by Gasteiger charge is 2.31. The zero-order valence-corrected chi connectivity index (χ0v) is 16.2. The Morgan fingerprint density at radius 2 is 1.93 bits per heavy atom. The highest BCUT2D eigenvalue weighted by atomic mass is 35.5. The number of fused-ring (bicyclic) bond motifs is 2. The number of para-hydroxylation sites is 2. The summed E-state index contributed by atoms with van der Waals surface area (Å²) >= 11 is 6.30. The van der Waals surface area contributed by atoms with Crippen LogP contribution in [0, 0.1) is 0 Å². The Bertz CT molecular complexity index is 991. The first kappa shape index (κ1) is 19.1. The summed E-state index contributed by atoms with van der Waals surface area (Å²) in [5.41, 5.74) is 6.66. The second kappa shape index (κ2) is 8.05. The van der Waals surface area contributed by atoms with E-state index in [9.17, 15) is 9.59 Å². The summed E-state index contributed by atoms with van der Waals surface area (Å²) in [4.78, 5) is 26.0. The van der Waals surface area contributed by atoms with Gasteiger partial charge in [-0.05, 0) is 35.9 Å². The Balaban J connectivity index is 1.59. The van der Waals surface area contributed by atoms with Gasteiger partial charge in [-0.25, -0.2) is 0 Å². The summed E-state index contributed by atoms with van der Waals surface area (Å²) in [5.74, 6) is 0.556. The maximum absolute atomic E-state index is 12.9. The first-order valence-corrected chi connectivity index (χ1v) is 9.54. The summed E-state index contributed by atoms with van der Waals surface area (Å²) in [5, 5.41) is 0.419. The van der Waals surface area contributed by atoms with Crippen LogP contribution >= 0.6 is 11.6 Å². The van der Waals surface area contributed by atoms with Crippen LogP contribution in [0.15, 0.2) is 42.5 Å². The molecule has 0 fully saturated rings. The molecule has 2 aromatic rings. The highest BCUT2D eigenvalue weighted by Crippen LogP contribution is 2.38. The molecule has 2 heterocycles. The van der Waals surface area contributed by atoms with Crippen molar-refractivity contribution in [3.05, 3.63) is 53.1 Å². The predicted molar refractivity (Wildman–Crippen MR) is 108 cm³/mol. The van der Waals surface area contributed by atoms with Gasteiger partial charge in [-0.15, -0.1) is 0 Å². The van der Waals surface area contributed by atoms with Crippen LogP contribution in [0.5, 0.6) is 17.2 Å². The van der Waals surface area contributed by atoms with Gasteiger partial charge in [0.15, 0.2) is 17.6 Å². The standard InChI is InChI=1S/C21H19ClN2O5/c22-14-10-13(11-17-20(14)28-9-3-8-27-17)6-7-19(25)24-12-18(21(23)26)29-16-5-2-1-4-15(16)24/h1-2,4-7,10-11,18H,3,8-9,12H2,(H2,23,26). The normalized spacial score (nSPS) is 18.0. The first-order valence-electron chi connectivity index (χ1n) is 9.16. The van der Waals surface area contributed by atoms with E-state index in [0.29, 0.717) is 46.7 Å². The van der Waals surface area contributed by atoms with Crippen LogP contribution in [-0.4, -0.2) is 37.7 Å². The fraction of sp³-hybridized carbons (Fsp3) is 0.238. The van der Waals surface area contributed by atoms with Crippen LogP contribution in [-0.2, 0) is 9.59 Å². The number of carbonyl (C=O) groups excluding carboxylic acids is 2. The zero-order chi connectivity index (χ0) is 20.4.